The van der Waals surface area contributed by atoms with Crippen LogP contribution >= 0.6 is 11.6 Å². The van der Waals surface area contributed by atoms with E-state index in [9.17, 15) is 18.4 Å². The first-order valence-electron chi connectivity index (χ1n) is 14.9. The van der Waals surface area contributed by atoms with E-state index in [2.05, 4.69) is 21.4 Å². The van der Waals surface area contributed by atoms with Crippen molar-refractivity contribution >= 4 is 34.1 Å². The van der Waals surface area contributed by atoms with Crippen LogP contribution in [0.1, 0.15) is 28.7 Å². The van der Waals surface area contributed by atoms with Gasteiger partial charge in [0.2, 0.25) is 0 Å². The fourth-order valence-electron chi connectivity index (χ4n) is 5.71. The summed E-state index contributed by atoms with van der Waals surface area (Å²) < 4.78 is 61.2. The summed E-state index contributed by atoms with van der Waals surface area (Å²) in [6, 6.07) is 19.5. The number of rotatable bonds is 9. The van der Waals surface area contributed by atoms with Crippen LogP contribution in [0.25, 0.3) is 22.2 Å². The van der Waals surface area contributed by atoms with E-state index in [1.165, 1.54) is 25.4 Å². The molecule has 0 saturated carbocycles. The first kappa shape index (κ1) is 32.7. The second-order valence-electron chi connectivity index (χ2n) is 11.3. The molecule has 0 spiro atoms. The molecule has 1 aliphatic heterocycles. The molecule has 0 unspecified atom stereocenters. The van der Waals surface area contributed by atoms with Crippen LogP contribution in [0.2, 0.25) is 5.02 Å². The lowest BCUT2D eigenvalue weighted by molar-refractivity contribution is -0.137. The second-order valence-corrected chi connectivity index (χ2v) is 11.6. The Hall–Kier alpha value is -5.28. The van der Waals surface area contributed by atoms with Crippen LogP contribution in [-0.4, -0.2) is 41.8 Å². The van der Waals surface area contributed by atoms with Crippen LogP contribution in [0.3, 0.4) is 0 Å². The highest BCUT2D eigenvalue weighted by Gasteiger charge is 2.38. The molecule has 0 amide bonds. The first-order valence-corrected chi connectivity index (χ1v) is 15.3. The molecule has 6 rings (SSSR count). The lowest BCUT2D eigenvalue weighted by atomic mass is 9.98. The van der Waals surface area contributed by atoms with E-state index in [0.29, 0.717) is 47.1 Å². The maximum Gasteiger partial charge on any atom is 0.418 e. The maximum atomic E-state index is 14.9. The number of ether oxygens (including phenoxy) is 3. The van der Waals surface area contributed by atoms with Crippen LogP contribution < -0.4 is 24.4 Å². The number of alkyl halides is 3. The average Bonchev–Trinajstić information content (AvgIpc) is 3.26. The molecule has 0 fully saturated rings. The van der Waals surface area contributed by atoms with E-state index < -0.39 is 17.8 Å². The summed E-state index contributed by atoms with van der Waals surface area (Å²) in [5.41, 5.74) is 0.804. The van der Waals surface area contributed by atoms with E-state index in [-0.39, 0.29) is 40.6 Å². The number of hydrogen-bond donors (Lipinski definition) is 1. The highest BCUT2D eigenvalue weighted by Crippen LogP contribution is 2.48. The van der Waals surface area contributed by atoms with Gasteiger partial charge in [0, 0.05) is 18.7 Å². The Bertz CT molecular complexity index is 1950. The molecule has 48 heavy (non-hydrogen) atoms. The SMILES string of the molecule is COc1ccc(CN(Cc2ccc(OC)cc2)c2cc(C)c(C(F)(F)F)c(-c3cc4ncnc5c4c(c3Cl)OC[C@H](CC#N)N5)n2)cc1. The molecule has 0 radical (unpaired) electrons. The van der Waals surface area contributed by atoms with Gasteiger partial charge in [-0.15, -0.1) is 0 Å². The van der Waals surface area contributed by atoms with Crippen molar-refractivity contribution < 1.29 is 27.4 Å². The van der Waals surface area contributed by atoms with Gasteiger partial charge in [0.15, 0.2) is 5.75 Å². The predicted octanol–water partition coefficient (Wildman–Crippen LogP) is 7.98. The van der Waals surface area contributed by atoms with Gasteiger partial charge in [-0.05, 0) is 60.0 Å². The molecule has 246 valence electrons. The Kier molecular flexibility index (Phi) is 9.15. The molecule has 9 nitrogen and oxygen atoms in total. The molecule has 1 N–H and O–H groups in total. The van der Waals surface area contributed by atoms with Crippen molar-refractivity contribution in [2.75, 3.05) is 31.0 Å². The smallest absolute Gasteiger partial charge is 0.418 e. The van der Waals surface area contributed by atoms with Gasteiger partial charge in [-0.3, -0.25) is 0 Å². The largest absolute Gasteiger partial charge is 0.497 e. The molecule has 3 aromatic carbocycles. The Morgan fingerprint density at radius 1 is 1.00 bits per heavy atom. The van der Waals surface area contributed by atoms with E-state index in [4.69, 9.17) is 30.8 Å². The molecular formula is C35H30ClF3N6O3. The van der Waals surface area contributed by atoms with E-state index >= 15 is 0 Å². The summed E-state index contributed by atoms with van der Waals surface area (Å²) in [5.74, 6) is 2.17. The highest BCUT2D eigenvalue weighted by molar-refractivity contribution is 6.36. The zero-order valence-electron chi connectivity index (χ0n) is 26.2. The number of methoxy groups -OCH3 is 2. The Morgan fingerprint density at radius 3 is 2.19 bits per heavy atom. The molecule has 0 aliphatic carbocycles. The quantitative estimate of drug-likeness (QED) is 0.167. The van der Waals surface area contributed by atoms with Crippen molar-refractivity contribution in [3.8, 4) is 34.6 Å². The third kappa shape index (κ3) is 6.59. The molecule has 5 aromatic rings. The number of aromatic nitrogens is 3. The minimum Gasteiger partial charge on any atom is -0.497 e. The zero-order valence-corrected chi connectivity index (χ0v) is 27.0. The summed E-state index contributed by atoms with van der Waals surface area (Å²) in [4.78, 5) is 15.2. The third-order valence-corrected chi connectivity index (χ3v) is 8.43. The van der Waals surface area contributed by atoms with Gasteiger partial charge in [-0.1, -0.05) is 35.9 Å². The van der Waals surface area contributed by atoms with Crippen LogP contribution in [0.15, 0.2) is 67.0 Å². The molecule has 0 bridgehead atoms. The molecule has 1 atom stereocenters. The fourth-order valence-corrected chi connectivity index (χ4v) is 6.00. The summed E-state index contributed by atoms with van der Waals surface area (Å²) in [5, 5.41) is 12.8. The molecule has 3 heterocycles. The van der Waals surface area contributed by atoms with Crippen molar-refractivity contribution in [1.29, 1.82) is 5.26 Å². The van der Waals surface area contributed by atoms with Crippen molar-refractivity contribution in [3.05, 3.63) is 94.3 Å². The topological polar surface area (TPSA) is 105 Å². The van der Waals surface area contributed by atoms with Crippen LogP contribution in [0.4, 0.5) is 24.8 Å². The number of anilines is 2. The summed E-state index contributed by atoms with van der Waals surface area (Å²) in [6.45, 7) is 2.11. The van der Waals surface area contributed by atoms with Crippen LogP contribution in [-0.2, 0) is 19.3 Å². The van der Waals surface area contributed by atoms with Gasteiger partial charge in [0.25, 0.3) is 0 Å². The number of pyridine rings is 1. The zero-order chi connectivity index (χ0) is 34.0. The third-order valence-electron chi connectivity index (χ3n) is 8.06. The summed E-state index contributed by atoms with van der Waals surface area (Å²) in [7, 11) is 3.16. The number of nitrogens with one attached hydrogen (secondary N) is 1. The lowest BCUT2D eigenvalue weighted by Gasteiger charge is -2.27. The number of hydrogen-bond acceptors (Lipinski definition) is 9. The number of nitriles is 1. The van der Waals surface area contributed by atoms with E-state index in [1.54, 1.807) is 14.2 Å². The van der Waals surface area contributed by atoms with Gasteiger partial charge in [-0.2, -0.15) is 18.4 Å². The first-order chi connectivity index (χ1) is 23.1. The monoisotopic (exact) mass is 674 g/mol. The number of halogens is 4. The number of aryl methyl sites for hydroxylation is 1. The maximum absolute atomic E-state index is 14.9. The minimum absolute atomic E-state index is 0.00803. The summed E-state index contributed by atoms with van der Waals surface area (Å²) >= 11 is 6.93. The second kappa shape index (κ2) is 13.4. The fraction of sp³-hybridized carbons (Fsp3) is 0.257. The van der Waals surface area contributed by atoms with Gasteiger partial charge in [0.1, 0.15) is 36.1 Å². The summed E-state index contributed by atoms with van der Waals surface area (Å²) in [6.07, 6.45) is -3.35. The molecule has 2 aromatic heterocycles. The molecular weight excluding hydrogens is 645 g/mol. The van der Waals surface area contributed by atoms with Crippen LogP contribution in [0, 0.1) is 18.3 Å². The van der Waals surface area contributed by atoms with Crippen LogP contribution in [0.5, 0.6) is 17.2 Å². The van der Waals surface area contributed by atoms with E-state index in [0.717, 1.165) is 11.1 Å². The van der Waals surface area contributed by atoms with Gasteiger partial charge >= 0.3 is 6.18 Å². The number of nitrogens with zero attached hydrogens (tertiary/aromatic N) is 5. The number of benzene rings is 3. The van der Waals surface area contributed by atoms with Gasteiger partial charge < -0.3 is 24.4 Å². The molecule has 13 heteroatoms. The van der Waals surface area contributed by atoms with Gasteiger partial charge in [-0.25, -0.2) is 15.0 Å². The standard InChI is InChI=1S/C35H30ClF3N6O3/c1-20-14-28(45(16-21-4-8-24(46-2)9-5-21)17-22-6-10-25(47-3)11-7-22)44-32(30(20)35(37,38)39)26-15-27-29-33(31(26)36)48-18-23(12-13-40)43-34(29)42-19-41-27/h4-11,14-15,19,23H,12,16-18H2,1-3H3,(H,41,42,43)/t23-/m0/s1. The van der Waals surface area contributed by atoms with Crippen molar-refractivity contribution in [3.63, 3.8) is 0 Å². The van der Waals surface area contributed by atoms with E-state index in [1.807, 2.05) is 53.4 Å². The van der Waals surface area contributed by atoms with Crippen molar-refractivity contribution in [2.24, 2.45) is 0 Å². The highest BCUT2D eigenvalue weighted by atomic mass is 35.5. The minimum atomic E-state index is -4.76. The normalized spacial score (nSPS) is 14.0. The average molecular weight is 675 g/mol. The Morgan fingerprint density at radius 2 is 1.62 bits per heavy atom. The van der Waals surface area contributed by atoms with Crippen molar-refractivity contribution in [2.45, 2.75) is 38.7 Å². The molecule has 0 saturated heterocycles. The molecule has 1 aliphatic rings. The Labute approximate surface area is 279 Å². The van der Waals surface area contributed by atoms with Crippen molar-refractivity contribution in [1.82, 2.24) is 15.0 Å². The Balaban J connectivity index is 1.52. The van der Waals surface area contributed by atoms with Gasteiger partial charge in [0.05, 0.1) is 59.9 Å². The predicted molar refractivity (Wildman–Crippen MR) is 177 cm³/mol. The lowest BCUT2D eigenvalue weighted by Crippen LogP contribution is -2.25.